The topological polar surface area (TPSA) is 99.1 Å². The first-order chi connectivity index (χ1) is 12.9. The molecule has 1 aromatic rings. The van der Waals surface area contributed by atoms with Gasteiger partial charge in [-0.15, -0.1) is 0 Å². The number of ether oxygens (including phenoxy) is 1. The Balaban J connectivity index is 0.000000279. The summed E-state index contributed by atoms with van der Waals surface area (Å²) < 4.78 is 6.19. The van der Waals surface area contributed by atoms with Crippen molar-refractivity contribution in [2.75, 3.05) is 31.6 Å². The number of aliphatic carboxylic acids is 2. The lowest BCUT2D eigenvalue weighted by Gasteiger charge is -2.34. The van der Waals surface area contributed by atoms with Crippen LogP contribution in [0.15, 0.2) is 24.3 Å². The van der Waals surface area contributed by atoms with Crippen molar-refractivity contribution < 1.29 is 24.5 Å². The fraction of sp³-hybridized carbons (Fsp3) is 0.500. The van der Waals surface area contributed by atoms with E-state index in [1.165, 1.54) is 23.2 Å². The predicted octanol–water partition coefficient (Wildman–Crippen LogP) is 2.08. The maximum absolute atomic E-state index is 9.55. The number of carboxylic acids is 2. The second kappa shape index (κ2) is 9.97. The summed E-state index contributed by atoms with van der Waals surface area (Å²) in [5.41, 5.74) is 4.23. The molecule has 2 heterocycles. The van der Waals surface area contributed by atoms with E-state index in [-0.39, 0.29) is 0 Å². The summed E-state index contributed by atoms with van der Waals surface area (Å²) in [6, 6.07) is 4.63. The minimum Gasteiger partial charge on any atom is -0.486 e. The highest BCUT2D eigenvalue weighted by Crippen LogP contribution is 2.36. The van der Waals surface area contributed by atoms with Crippen LogP contribution in [-0.4, -0.2) is 54.9 Å². The van der Waals surface area contributed by atoms with Crippen molar-refractivity contribution in [1.82, 2.24) is 5.32 Å². The number of likely N-dealkylation sites (N-methyl/N-ethyl adjacent to an activating group) is 1. The van der Waals surface area contributed by atoms with Gasteiger partial charge >= 0.3 is 11.9 Å². The molecule has 148 valence electrons. The van der Waals surface area contributed by atoms with E-state index < -0.39 is 11.9 Å². The van der Waals surface area contributed by atoms with Crippen LogP contribution in [0.25, 0.3) is 0 Å². The molecule has 0 radical (unpaired) electrons. The quantitative estimate of drug-likeness (QED) is 0.692. The predicted molar refractivity (Wildman–Crippen MR) is 104 cm³/mol. The molecule has 0 saturated heterocycles. The Hall–Kier alpha value is -2.54. The number of carbonyl (C=O) groups is 2. The number of hydrogen-bond acceptors (Lipinski definition) is 5. The van der Waals surface area contributed by atoms with Crippen molar-refractivity contribution in [3.05, 3.63) is 35.4 Å². The van der Waals surface area contributed by atoms with E-state index in [9.17, 15) is 9.59 Å². The zero-order valence-electron chi connectivity index (χ0n) is 15.9. The molecule has 0 fully saturated rings. The SMILES string of the molecule is CCCC1CN(C)c2cc3c(cc2O1)CCNCC3.O=C(O)/C=C/C(=O)O. The summed E-state index contributed by atoms with van der Waals surface area (Å²) >= 11 is 0. The van der Waals surface area contributed by atoms with Crippen LogP contribution in [-0.2, 0) is 22.4 Å². The number of anilines is 1. The van der Waals surface area contributed by atoms with Gasteiger partial charge in [0.1, 0.15) is 11.9 Å². The van der Waals surface area contributed by atoms with Crippen LogP contribution >= 0.6 is 0 Å². The standard InChI is InChI=1S/C16H24N2O.C4H4O4/c1-3-4-14-11-18(2)15-9-12-5-7-17-8-6-13(12)10-16(15)19-14;5-3(6)1-2-4(7)8/h9-10,14,17H,3-8,11H2,1-2H3;1-2H,(H,5,6)(H,7,8)/b;2-1+. The first-order valence-corrected chi connectivity index (χ1v) is 9.29. The molecule has 27 heavy (non-hydrogen) atoms. The molecule has 2 aliphatic rings. The van der Waals surface area contributed by atoms with Gasteiger partial charge in [0, 0.05) is 19.2 Å². The van der Waals surface area contributed by atoms with Gasteiger partial charge in [-0.25, -0.2) is 9.59 Å². The third-order valence-corrected chi connectivity index (χ3v) is 4.58. The molecule has 2 aliphatic heterocycles. The van der Waals surface area contributed by atoms with Crippen LogP contribution in [0.2, 0.25) is 0 Å². The first-order valence-electron chi connectivity index (χ1n) is 9.29. The molecule has 7 nitrogen and oxygen atoms in total. The third-order valence-electron chi connectivity index (χ3n) is 4.58. The van der Waals surface area contributed by atoms with Crippen molar-refractivity contribution >= 4 is 17.6 Å². The summed E-state index contributed by atoms with van der Waals surface area (Å²) in [5, 5.41) is 19.1. The van der Waals surface area contributed by atoms with E-state index in [0.29, 0.717) is 18.3 Å². The van der Waals surface area contributed by atoms with Crippen molar-refractivity contribution in [1.29, 1.82) is 0 Å². The monoisotopic (exact) mass is 376 g/mol. The second-order valence-electron chi connectivity index (χ2n) is 6.76. The number of fused-ring (bicyclic) bond motifs is 2. The van der Waals surface area contributed by atoms with Gasteiger partial charge in [0.25, 0.3) is 0 Å². The van der Waals surface area contributed by atoms with Crippen LogP contribution in [0, 0.1) is 0 Å². The van der Waals surface area contributed by atoms with Crippen molar-refractivity contribution in [2.45, 2.75) is 38.7 Å². The van der Waals surface area contributed by atoms with Gasteiger partial charge in [-0.2, -0.15) is 0 Å². The molecule has 0 bridgehead atoms. The van der Waals surface area contributed by atoms with Crippen LogP contribution in [0.3, 0.4) is 0 Å². The molecule has 0 saturated carbocycles. The Morgan fingerprint density at radius 1 is 1.19 bits per heavy atom. The highest BCUT2D eigenvalue weighted by molar-refractivity contribution is 5.89. The summed E-state index contributed by atoms with van der Waals surface area (Å²) in [5.74, 6) is -1.42. The molecule has 1 unspecified atom stereocenters. The molecule has 0 aliphatic carbocycles. The number of nitrogens with zero attached hydrogens (tertiary/aromatic N) is 1. The fourth-order valence-electron chi connectivity index (χ4n) is 3.32. The van der Waals surface area contributed by atoms with Gasteiger partial charge < -0.3 is 25.2 Å². The second-order valence-corrected chi connectivity index (χ2v) is 6.76. The van der Waals surface area contributed by atoms with Gasteiger partial charge in [0.15, 0.2) is 0 Å². The summed E-state index contributed by atoms with van der Waals surface area (Å²) in [7, 11) is 2.19. The van der Waals surface area contributed by atoms with E-state index in [1.807, 2.05) is 0 Å². The molecule has 0 amide bonds. The average Bonchev–Trinajstić information content (AvgIpc) is 2.84. The minimum absolute atomic E-state index is 0.351. The molecule has 0 spiro atoms. The molecule has 7 heteroatoms. The van der Waals surface area contributed by atoms with Gasteiger partial charge in [-0.05, 0) is 55.6 Å². The van der Waals surface area contributed by atoms with E-state index in [4.69, 9.17) is 14.9 Å². The van der Waals surface area contributed by atoms with Gasteiger partial charge in [0.05, 0.1) is 12.2 Å². The van der Waals surface area contributed by atoms with E-state index in [0.717, 1.165) is 44.6 Å². The number of rotatable bonds is 4. The Morgan fingerprint density at radius 3 is 2.33 bits per heavy atom. The maximum Gasteiger partial charge on any atom is 0.328 e. The summed E-state index contributed by atoms with van der Waals surface area (Å²) in [6.07, 6.45) is 6.04. The van der Waals surface area contributed by atoms with Crippen LogP contribution in [0.5, 0.6) is 5.75 Å². The van der Waals surface area contributed by atoms with Crippen molar-refractivity contribution in [3.63, 3.8) is 0 Å². The summed E-state index contributed by atoms with van der Waals surface area (Å²) in [6.45, 7) is 5.41. The zero-order valence-corrected chi connectivity index (χ0v) is 15.9. The Labute approximate surface area is 159 Å². The lowest BCUT2D eigenvalue weighted by atomic mass is 10.00. The molecule has 1 atom stereocenters. The van der Waals surface area contributed by atoms with Crippen molar-refractivity contribution in [2.24, 2.45) is 0 Å². The number of nitrogens with one attached hydrogen (secondary N) is 1. The third kappa shape index (κ3) is 6.29. The normalized spacial score (nSPS) is 18.4. The Morgan fingerprint density at radius 2 is 1.78 bits per heavy atom. The molecular weight excluding hydrogens is 348 g/mol. The Kier molecular flexibility index (Phi) is 7.67. The van der Waals surface area contributed by atoms with E-state index in [1.54, 1.807) is 0 Å². The minimum atomic E-state index is -1.26. The lowest BCUT2D eigenvalue weighted by molar-refractivity contribution is -0.134. The first kappa shape index (κ1) is 20.8. The molecule has 3 N–H and O–H groups in total. The largest absolute Gasteiger partial charge is 0.486 e. The number of hydrogen-bond donors (Lipinski definition) is 3. The molecular formula is C20H28N2O5. The Bertz CT molecular complexity index is 686. The smallest absolute Gasteiger partial charge is 0.328 e. The summed E-state index contributed by atoms with van der Waals surface area (Å²) in [4.78, 5) is 21.5. The zero-order chi connectivity index (χ0) is 19.8. The van der Waals surface area contributed by atoms with Gasteiger partial charge in [0.2, 0.25) is 0 Å². The molecule has 3 rings (SSSR count). The number of carboxylic acid groups (broad SMARTS) is 2. The van der Waals surface area contributed by atoms with E-state index >= 15 is 0 Å². The van der Waals surface area contributed by atoms with Gasteiger partial charge in [-0.3, -0.25) is 0 Å². The fourth-order valence-corrected chi connectivity index (χ4v) is 3.32. The lowest BCUT2D eigenvalue weighted by Crippen LogP contribution is -2.37. The average molecular weight is 376 g/mol. The van der Waals surface area contributed by atoms with E-state index in [2.05, 4.69) is 36.3 Å². The van der Waals surface area contributed by atoms with Crippen LogP contribution in [0.4, 0.5) is 5.69 Å². The highest BCUT2D eigenvalue weighted by atomic mass is 16.5. The maximum atomic E-state index is 9.55. The highest BCUT2D eigenvalue weighted by Gasteiger charge is 2.24. The molecule has 0 aromatic heterocycles. The van der Waals surface area contributed by atoms with Crippen LogP contribution in [0.1, 0.15) is 30.9 Å². The van der Waals surface area contributed by atoms with Gasteiger partial charge in [-0.1, -0.05) is 13.3 Å². The molecule has 1 aromatic carbocycles. The van der Waals surface area contributed by atoms with Crippen LogP contribution < -0.4 is 15.0 Å². The number of benzene rings is 1. The van der Waals surface area contributed by atoms with Crippen molar-refractivity contribution in [3.8, 4) is 5.75 Å².